The Kier molecular flexibility index (Phi) is 5.28. The molecule has 2 aliphatic rings. The number of fused-ring (bicyclic) bond motifs is 1. The fraction of sp³-hybridized carbons (Fsp3) is 0.526. The van der Waals surface area contributed by atoms with Crippen LogP contribution in [-0.2, 0) is 6.42 Å². The van der Waals surface area contributed by atoms with Gasteiger partial charge in [0.05, 0.1) is 14.2 Å². The topological polar surface area (TPSA) is 50.8 Å². The number of amides is 2. The highest BCUT2D eigenvalue weighted by Gasteiger charge is 2.34. The monoisotopic (exact) mass is 330 g/mol. The second-order valence-corrected chi connectivity index (χ2v) is 6.54. The molecule has 0 spiro atoms. The Balaban J connectivity index is 1.47. The van der Waals surface area contributed by atoms with E-state index >= 15 is 0 Å². The standard InChI is InChI=1S/C19H26N2O3/c1-23-17-8-7-14(11-18(17)24-2)9-10-20-19(22)21-12-15-5-3-4-6-16(15)13-21/h3-4,7-8,11,15-16H,5-6,9-10,12-13H2,1-2H3,(H,20,22)/t15-,16+. The van der Waals surface area contributed by atoms with Gasteiger partial charge < -0.3 is 19.7 Å². The third-order valence-corrected chi connectivity index (χ3v) is 5.05. The van der Waals surface area contributed by atoms with Gasteiger partial charge in [0.15, 0.2) is 11.5 Å². The molecule has 0 unspecified atom stereocenters. The molecule has 1 aliphatic carbocycles. The van der Waals surface area contributed by atoms with Crippen molar-refractivity contribution in [3.05, 3.63) is 35.9 Å². The molecule has 2 atom stereocenters. The normalized spacial score (nSPS) is 22.2. The number of nitrogens with zero attached hydrogens (tertiary/aromatic N) is 1. The van der Waals surface area contributed by atoms with Crippen LogP contribution in [0.4, 0.5) is 4.79 Å². The average molecular weight is 330 g/mol. The molecule has 1 aromatic carbocycles. The molecule has 0 aromatic heterocycles. The Bertz CT molecular complexity index is 599. The summed E-state index contributed by atoms with van der Waals surface area (Å²) in [4.78, 5) is 14.3. The number of methoxy groups -OCH3 is 2. The number of carbonyl (C=O) groups excluding carboxylic acids is 1. The lowest BCUT2D eigenvalue weighted by Gasteiger charge is -2.17. The summed E-state index contributed by atoms with van der Waals surface area (Å²) in [6.07, 6.45) is 7.49. The van der Waals surface area contributed by atoms with Gasteiger partial charge in [-0.1, -0.05) is 18.2 Å². The molecule has 5 heteroatoms. The summed E-state index contributed by atoms with van der Waals surface area (Å²) < 4.78 is 10.6. The minimum Gasteiger partial charge on any atom is -0.493 e. The van der Waals surface area contributed by atoms with E-state index in [0.29, 0.717) is 18.4 Å². The molecule has 1 heterocycles. The number of hydrogen-bond donors (Lipinski definition) is 1. The fourth-order valence-electron chi connectivity index (χ4n) is 3.64. The van der Waals surface area contributed by atoms with Crippen molar-refractivity contribution in [3.8, 4) is 11.5 Å². The molecular weight excluding hydrogens is 304 g/mol. The summed E-state index contributed by atoms with van der Waals surface area (Å²) in [7, 11) is 3.26. The van der Waals surface area contributed by atoms with Crippen LogP contribution in [0, 0.1) is 11.8 Å². The maximum absolute atomic E-state index is 12.4. The molecule has 24 heavy (non-hydrogen) atoms. The van der Waals surface area contributed by atoms with E-state index in [9.17, 15) is 4.79 Å². The largest absolute Gasteiger partial charge is 0.493 e. The summed E-state index contributed by atoms with van der Waals surface area (Å²) in [5.41, 5.74) is 1.12. The van der Waals surface area contributed by atoms with E-state index < -0.39 is 0 Å². The Morgan fingerprint density at radius 3 is 2.42 bits per heavy atom. The molecule has 2 amide bonds. The minimum absolute atomic E-state index is 0.0601. The van der Waals surface area contributed by atoms with Gasteiger partial charge in [0.1, 0.15) is 0 Å². The first-order chi connectivity index (χ1) is 11.7. The van der Waals surface area contributed by atoms with Crippen molar-refractivity contribution < 1.29 is 14.3 Å². The highest BCUT2D eigenvalue weighted by Crippen LogP contribution is 2.32. The van der Waals surface area contributed by atoms with Crippen LogP contribution in [0.1, 0.15) is 18.4 Å². The molecule has 130 valence electrons. The number of hydrogen-bond acceptors (Lipinski definition) is 3. The number of likely N-dealkylation sites (tertiary alicyclic amines) is 1. The second kappa shape index (κ2) is 7.60. The average Bonchev–Trinajstić information content (AvgIpc) is 3.05. The summed E-state index contributed by atoms with van der Waals surface area (Å²) >= 11 is 0. The molecular formula is C19H26N2O3. The zero-order valence-corrected chi connectivity index (χ0v) is 14.5. The Morgan fingerprint density at radius 2 is 1.79 bits per heavy atom. The van der Waals surface area contributed by atoms with Crippen LogP contribution in [0.3, 0.4) is 0 Å². The number of benzene rings is 1. The number of carbonyl (C=O) groups is 1. The van der Waals surface area contributed by atoms with Crippen molar-refractivity contribution in [2.24, 2.45) is 11.8 Å². The van der Waals surface area contributed by atoms with Gasteiger partial charge in [-0.25, -0.2) is 4.79 Å². The number of rotatable bonds is 5. The van der Waals surface area contributed by atoms with Crippen molar-refractivity contribution in [2.45, 2.75) is 19.3 Å². The van der Waals surface area contributed by atoms with E-state index in [-0.39, 0.29) is 6.03 Å². The maximum atomic E-state index is 12.4. The van der Waals surface area contributed by atoms with E-state index in [1.807, 2.05) is 23.1 Å². The molecule has 1 N–H and O–H groups in total. The van der Waals surface area contributed by atoms with Crippen LogP contribution >= 0.6 is 0 Å². The van der Waals surface area contributed by atoms with Gasteiger partial charge >= 0.3 is 6.03 Å². The number of allylic oxidation sites excluding steroid dienone is 2. The Hall–Kier alpha value is -2.17. The number of nitrogens with one attached hydrogen (secondary N) is 1. The van der Waals surface area contributed by atoms with Crippen molar-refractivity contribution >= 4 is 6.03 Å². The zero-order chi connectivity index (χ0) is 16.9. The number of ether oxygens (including phenoxy) is 2. The number of urea groups is 1. The third kappa shape index (κ3) is 3.66. The van der Waals surface area contributed by atoms with E-state index in [2.05, 4.69) is 17.5 Å². The summed E-state index contributed by atoms with van der Waals surface area (Å²) in [5.74, 6) is 2.73. The molecule has 1 aliphatic heterocycles. The van der Waals surface area contributed by atoms with Gasteiger partial charge in [0.25, 0.3) is 0 Å². The summed E-state index contributed by atoms with van der Waals surface area (Å²) in [5, 5.41) is 3.04. The minimum atomic E-state index is 0.0601. The molecule has 1 saturated heterocycles. The third-order valence-electron chi connectivity index (χ3n) is 5.05. The lowest BCUT2D eigenvalue weighted by atomic mass is 9.86. The van der Waals surface area contributed by atoms with Crippen LogP contribution in [0.25, 0.3) is 0 Å². The van der Waals surface area contributed by atoms with Crippen molar-refractivity contribution in [3.63, 3.8) is 0 Å². The fourth-order valence-corrected chi connectivity index (χ4v) is 3.64. The van der Waals surface area contributed by atoms with Crippen LogP contribution in [-0.4, -0.2) is 44.8 Å². The van der Waals surface area contributed by atoms with Crippen molar-refractivity contribution in [1.82, 2.24) is 10.2 Å². The van der Waals surface area contributed by atoms with Gasteiger partial charge in [0.2, 0.25) is 0 Å². The van der Waals surface area contributed by atoms with E-state index in [1.54, 1.807) is 14.2 Å². The first kappa shape index (κ1) is 16.7. The molecule has 1 fully saturated rings. The highest BCUT2D eigenvalue weighted by molar-refractivity contribution is 5.74. The van der Waals surface area contributed by atoms with Gasteiger partial charge in [-0.2, -0.15) is 0 Å². The summed E-state index contributed by atoms with van der Waals surface area (Å²) in [6, 6.07) is 5.92. The zero-order valence-electron chi connectivity index (χ0n) is 14.5. The van der Waals surface area contributed by atoms with Crippen molar-refractivity contribution in [1.29, 1.82) is 0 Å². The first-order valence-electron chi connectivity index (χ1n) is 8.60. The van der Waals surface area contributed by atoms with E-state index in [0.717, 1.165) is 49.4 Å². The molecule has 3 rings (SSSR count). The summed E-state index contributed by atoms with van der Waals surface area (Å²) in [6.45, 7) is 2.40. The van der Waals surface area contributed by atoms with Crippen LogP contribution < -0.4 is 14.8 Å². The molecule has 0 radical (unpaired) electrons. The maximum Gasteiger partial charge on any atom is 0.317 e. The predicted octanol–water partition coefficient (Wildman–Crippen LogP) is 2.85. The van der Waals surface area contributed by atoms with Crippen LogP contribution in [0.2, 0.25) is 0 Å². The second-order valence-electron chi connectivity index (χ2n) is 6.54. The van der Waals surface area contributed by atoms with Gasteiger partial charge in [-0.3, -0.25) is 0 Å². The molecule has 0 bridgehead atoms. The van der Waals surface area contributed by atoms with Gasteiger partial charge in [0, 0.05) is 19.6 Å². The quantitative estimate of drug-likeness (QED) is 0.845. The molecule has 1 aromatic rings. The highest BCUT2D eigenvalue weighted by atomic mass is 16.5. The van der Waals surface area contributed by atoms with E-state index in [1.165, 1.54) is 0 Å². The smallest absolute Gasteiger partial charge is 0.317 e. The Morgan fingerprint density at radius 1 is 1.12 bits per heavy atom. The van der Waals surface area contributed by atoms with Crippen LogP contribution in [0.5, 0.6) is 11.5 Å². The SMILES string of the molecule is COc1ccc(CCNC(=O)N2C[C@H]3CC=CC[C@H]3C2)cc1OC. The molecule has 5 nitrogen and oxygen atoms in total. The Labute approximate surface area is 143 Å². The van der Waals surface area contributed by atoms with Gasteiger partial charge in [-0.05, 0) is 48.8 Å². The van der Waals surface area contributed by atoms with Crippen molar-refractivity contribution in [2.75, 3.05) is 33.9 Å². The van der Waals surface area contributed by atoms with Crippen LogP contribution in [0.15, 0.2) is 30.4 Å². The first-order valence-corrected chi connectivity index (χ1v) is 8.60. The lowest BCUT2D eigenvalue weighted by molar-refractivity contribution is 0.206. The van der Waals surface area contributed by atoms with E-state index in [4.69, 9.17) is 9.47 Å². The van der Waals surface area contributed by atoms with Gasteiger partial charge in [-0.15, -0.1) is 0 Å². The predicted molar refractivity (Wildman–Crippen MR) is 93.6 cm³/mol. The molecule has 0 saturated carbocycles. The lowest BCUT2D eigenvalue weighted by Crippen LogP contribution is -2.39.